The van der Waals surface area contributed by atoms with Gasteiger partial charge in [-0.15, -0.1) is 0 Å². The first-order valence-electron chi connectivity index (χ1n) is 5.79. The maximum atomic E-state index is 11.1. The maximum Gasteiger partial charge on any atom is 0.248 e. The number of primary amides is 1. The van der Waals surface area contributed by atoms with E-state index in [0.29, 0.717) is 16.9 Å². The standard InChI is InChI=1S/C13H17NO2S/c1-9-12(5-6-16-9)17-8-10-3-2-4-11(7-10)13(14)15/h2-4,7,9,12H,5-6,8H2,1H3,(H2,14,15). The summed E-state index contributed by atoms with van der Waals surface area (Å²) in [5, 5.41) is 0.562. The summed E-state index contributed by atoms with van der Waals surface area (Å²) in [6.45, 7) is 2.98. The van der Waals surface area contributed by atoms with Gasteiger partial charge in [-0.05, 0) is 31.0 Å². The van der Waals surface area contributed by atoms with E-state index in [-0.39, 0.29) is 5.91 Å². The van der Waals surface area contributed by atoms with Gasteiger partial charge in [0.1, 0.15) is 0 Å². The summed E-state index contributed by atoms with van der Waals surface area (Å²) < 4.78 is 5.52. The average Bonchev–Trinajstić information content (AvgIpc) is 2.72. The molecular formula is C13H17NO2S. The number of carbonyl (C=O) groups excluding carboxylic acids is 1. The summed E-state index contributed by atoms with van der Waals surface area (Å²) in [6.07, 6.45) is 1.45. The number of rotatable bonds is 4. The molecule has 0 aromatic heterocycles. The van der Waals surface area contributed by atoms with Gasteiger partial charge in [0, 0.05) is 23.2 Å². The van der Waals surface area contributed by atoms with Crippen LogP contribution in [-0.2, 0) is 10.5 Å². The molecule has 1 fully saturated rings. The molecule has 0 saturated carbocycles. The Bertz CT molecular complexity index is 408. The molecule has 92 valence electrons. The van der Waals surface area contributed by atoms with Crippen LogP contribution in [0.4, 0.5) is 0 Å². The number of ether oxygens (including phenoxy) is 1. The number of thioether (sulfide) groups is 1. The highest BCUT2D eigenvalue weighted by atomic mass is 32.2. The fourth-order valence-corrected chi connectivity index (χ4v) is 3.15. The van der Waals surface area contributed by atoms with Crippen molar-refractivity contribution in [1.29, 1.82) is 0 Å². The third kappa shape index (κ3) is 3.23. The van der Waals surface area contributed by atoms with Crippen molar-refractivity contribution in [1.82, 2.24) is 0 Å². The summed E-state index contributed by atoms with van der Waals surface area (Å²) in [6, 6.07) is 7.53. The fraction of sp³-hybridized carbons (Fsp3) is 0.462. The third-order valence-corrected chi connectivity index (χ3v) is 4.53. The second kappa shape index (κ2) is 5.56. The zero-order valence-corrected chi connectivity index (χ0v) is 10.7. The van der Waals surface area contributed by atoms with Gasteiger partial charge in [-0.3, -0.25) is 4.79 Å². The van der Waals surface area contributed by atoms with E-state index in [1.165, 1.54) is 0 Å². The van der Waals surface area contributed by atoms with Crippen LogP contribution in [0.1, 0.15) is 29.3 Å². The quantitative estimate of drug-likeness (QED) is 0.892. The Hall–Kier alpha value is -1.00. The number of amides is 1. The molecule has 1 aromatic carbocycles. The van der Waals surface area contributed by atoms with Crippen molar-refractivity contribution >= 4 is 17.7 Å². The highest BCUT2D eigenvalue weighted by Crippen LogP contribution is 2.29. The zero-order chi connectivity index (χ0) is 12.3. The van der Waals surface area contributed by atoms with Crippen molar-refractivity contribution < 1.29 is 9.53 Å². The van der Waals surface area contributed by atoms with E-state index in [2.05, 4.69) is 6.92 Å². The van der Waals surface area contributed by atoms with Crippen molar-refractivity contribution in [2.45, 2.75) is 30.5 Å². The monoisotopic (exact) mass is 251 g/mol. The van der Waals surface area contributed by atoms with Crippen molar-refractivity contribution in [2.75, 3.05) is 6.61 Å². The van der Waals surface area contributed by atoms with E-state index in [4.69, 9.17) is 10.5 Å². The van der Waals surface area contributed by atoms with Gasteiger partial charge < -0.3 is 10.5 Å². The Morgan fingerprint density at radius 2 is 2.41 bits per heavy atom. The molecule has 4 heteroatoms. The highest BCUT2D eigenvalue weighted by molar-refractivity contribution is 7.99. The number of hydrogen-bond donors (Lipinski definition) is 1. The molecule has 0 radical (unpaired) electrons. The third-order valence-electron chi connectivity index (χ3n) is 2.98. The largest absolute Gasteiger partial charge is 0.377 e. The highest BCUT2D eigenvalue weighted by Gasteiger charge is 2.24. The van der Waals surface area contributed by atoms with Crippen LogP contribution in [0.5, 0.6) is 0 Å². The van der Waals surface area contributed by atoms with Crippen LogP contribution < -0.4 is 5.73 Å². The van der Waals surface area contributed by atoms with E-state index in [0.717, 1.165) is 24.3 Å². The van der Waals surface area contributed by atoms with Gasteiger partial charge >= 0.3 is 0 Å². The summed E-state index contributed by atoms with van der Waals surface area (Å²) >= 11 is 1.89. The van der Waals surface area contributed by atoms with E-state index < -0.39 is 0 Å². The van der Waals surface area contributed by atoms with Crippen LogP contribution in [0.15, 0.2) is 24.3 Å². The van der Waals surface area contributed by atoms with E-state index >= 15 is 0 Å². The number of benzene rings is 1. The molecule has 2 rings (SSSR count). The molecule has 1 aromatic rings. The van der Waals surface area contributed by atoms with E-state index in [9.17, 15) is 4.79 Å². The van der Waals surface area contributed by atoms with Crippen molar-refractivity contribution in [3.05, 3.63) is 35.4 Å². The Kier molecular flexibility index (Phi) is 4.07. The molecule has 1 saturated heterocycles. The first-order valence-corrected chi connectivity index (χ1v) is 6.83. The second-order valence-corrected chi connectivity index (χ2v) is 5.51. The lowest BCUT2D eigenvalue weighted by atomic mass is 10.1. The summed E-state index contributed by atoms with van der Waals surface area (Å²) in [4.78, 5) is 11.1. The molecule has 3 nitrogen and oxygen atoms in total. The normalized spacial score (nSPS) is 23.8. The molecule has 17 heavy (non-hydrogen) atoms. The predicted molar refractivity (Wildman–Crippen MR) is 70.1 cm³/mol. The minimum Gasteiger partial charge on any atom is -0.377 e. The fourth-order valence-electron chi connectivity index (χ4n) is 1.95. The van der Waals surface area contributed by atoms with Gasteiger partial charge in [0.05, 0.1) is 6.10 Å². The smallest absolute Gasteiger partial charge is 0.248 e. The zero-order valence-electron chi connectivity index (χ0n) is 9.89. The van der Waals surface area contributed by atoms with Gasteiger partial charge in [-0.2, -0.15) is 11.8 Å². The lowest BCUT2D eigenvalue weighted by molar-refractivity contribution is 0.1000. The average molecular weight is 251 g/mol. The minimum atomic E-state index is -0.366. The van der Waals surface area contributed by atoms with Gasteiger partial charge in [-0.1, -0.05) is 12.1 Å². The molecule has 1 amide bonds. The van der Waals surface area contributed by atoms with Crippen LogP contribution >= 0.6 is 11.8 Å². The first kappa shape index (κ1) is 12.5. The van der Waals surface area contributed by atoms with E-state index in [1.807, 2.05) is 30.0 Å². The van der Waals surface area contributed by atoms with Crippen LogP contribution in [0, 0.1) is 0 Å². The number of nitrogens with two attached hydrogens (primary N) is 1. The summed E-state index contributed by atoms with van der Waals surface area (Å²) in [7, 11) is 0. The molecule has 0 spiro atoms. The lowest BCUT2D eigenvalue weighted by Gasteiger charge is -2.13. The Balaban J connectivity index is 1.94. The molecule has 1 aliphatic heterocycles. The minimum absolute atomic E-state index is 0.333. The van der Waals surface area contributed by atoms with Crippen LogP contribution in [-0.4, -0.2) is 23.9 Å². The Morgan fingerprint density at radius 3 is 3.06 bits per heavy atom. The molecule has 1 heterocycles. The Labute approximate surface area is 106 Å². The van der Waals surface area contributed by atoms with Crippen LogP contribution in [0.25, 0.3) is 0 Å². The first-order chi connectivity index (χ1) is 8.16. The topological polar surface area (TPSA) is 52.3 Å². The molecule has 2 atom stereocenters. The molecule has 2 N–H and O–H groups in total. The second-order valence-electron chi connectivity index (χ2n) is 4.28. The van der Waals surface area contributed by atoms with Gasteiger partial charge in [0.2, 0.25) is 5.91 Å². The summed E-state index contributed by atoms with van der Waals surface area (Å²) in [5.41, 5.74) is 6.98. The van der Waals surface area contributed by atoms with Crippen molar-refractivity contribution in [2.24, 2.45) is 5.73 Å². The van der Waals surface area contributed by atoms with Crippen molar-refractivity contribution in [3.8, 4) is 0 Å². The Morgan fingerprint density at radius 1 is 1.59 bits per heavy atom. The number of carbonyl (C=O) groups is 1. The maximum absolute atomic E-state index is 11.1. The van der Waals surface area contributed by atoms with E-state index in [1.54, 1.807) is 6.07 Å². The molecule has 1 aliphatic rings. The lowest BCUT2D eigenvalue weighted by Crippen LogP contribution is -2.14. The van der Waals surface area contributed by atoms with Crippen molar-refractivity contribution in [3.63, 3.8) is 0 Å². The SMILES string of the molecule is CC1OCCC1SCc1cccc(C(N)=O)c1. The summed E-state index contributed by atoms with van der Waals surface area (Å²) in [5.74, 6) is 0.536. The van der Waals surface area contributed by atoms with Gasteiger partial charge in [0.15, 0.2) is 0 Å². The molecule has 0 aliphatic carbocycles. The van der Waals surface area contributed by atoms with Crippen LogP contribution in [0.2, 0.25) is 0 Å². The molecular weight excluding hydrogens is 234 g/mol. The van der Waals surface area contributed by atoms with Gasteiger partial charge in [-0.25, -0.2) is 0 Å². The predicted octanol–water partition coefficient (Wildman–Crippen LogP) is 2.20. The van der Waals surface area contributed by atoms with Gasteiger partial charge in [0.25, 0.3) is 0 Å². The number of hydrogen-bond acceptors (Lipinski definition) is 3. The molecule has 0 bridgehead atoms. The van der Waals surface area contributed by atoms with Crippen LogP contribution in [0.3, 0.4) is 0 Å². The molecule has 2 unspecified atom stereocenters.